The number of aromatic nitrogens is 3. The molecule has 3 aromatic rings. The van der Waals surface area contributed by atoms with Crippen molar-refractivity contribution in [1.82, 2.24) is 24.0 Å². The molecule has 0 spiro atoms. The topological polar surface area (TPSA) is 149 Å². The van der Waals surface area contributed by atoms with Crippen LogP contribution in [0.15, 0.2) is 55.1 Å². The number of unbranched alkanes of at least 4 members (excludes halogenated alkanes) is 1. The Kier molecular flexibility index (Phi) is 10.6. The molecule has 0 aliphatic heterocycles. The predicted molar refractivity (Wildman–Crippen MR) is 160 cm³/mol. The van der Waals surface area contributed by atoms with E-state index in [1.54, 1.807) is 61.3 Å². The number of hydrogen-bond donors (Lipinski definition) is 1. The van der Waals surface area contributed by atoms with Crippen LogP contribution in [0.4, 0.5) is 0 Å². The Balaban J connectivity index is 2.12. The summed E-state index contributed by atoms with van der Waals surface area (Å²) in [6.07, 6.45) is 3.81. The third-order valence-electron chi connectivity index (χ3n) is 7.04. The lowest BCUT2D eigenvalue weighted by Crippen LogP contribution is -2.59. The minimum Gasteiger partial charge on any atom is -0.368 e. The average Bonchev–Trinajstić information content (AvgIpc) is 3.47. The molecule has 11 nitrogen and oxygen atoms in total. The summed E-state index contributed by atoms with van der Waals surface area (Å²) in [6.45, 7) is 8.83. The zero-order chi connectivity index (χ0) is 31.2. The second kappa shape index (κ2) is 13.7. The van der Waals surface area contributed by atoms with Crippen molar-refractivity contribution in [3.63, 3.8) is 0 Å². The van der Waals surface area contributed by atoms with Crippen LogP contribution < -0.4 is 5.73 Å². The lowest BCUT2D eigenvalue weighted by molar-refractivity contribution is -0.138. The molecule has 1 aromatic heterocycles. The molecule has 2 aromatic carbocycles. The van der Waals surface area contributed by atoms with Gasteiger partial charge in [-0.15, -0.1) is 0 Å². The molecule has 12 heteroatoms. The van der Waals surface area contributed by atoms with Crippen molar-refractivity contribution in [3.05, 3.63) is 77.4 Å². The van der Waals surface area contributed by atoms with E-state index in [0.717, 1.165) is 16.8 Å². The molecule has 0 saturated carbocycles. The Labute approximate surface area is 247 Å². The van der Waals surface area contributed by atoms with Crippen molar-refractivity contribution in [2.24, 2.45) is 11.7 Å². The van der Waals surface area contributed by atoms with Crippen molar-refractivity contribution < 1.29 is 22.8 Å². The van der Waals surface area contributed by atoms with Gasteiger partial charge in [0.15, 0.2) is 0 Å². The van der Waals surface area contributed by atoms with E-state index in [1.165, 1.54) is 18.3 Å². The fourth-order valence-corrected chi connectivity index (χ4v) is 6.86. The van der Waals surface area contributed by atoms with E-state index in [0.29, 0.717) is 28.3 Å². The lowest BCUT2D eigenvalue weighted by atomic mass is 9.99. The van der Waals surface area contributed by atoms with E-state index in [2.05, 4.69) is 10.1 Å². The number of amides is 3. The molecule has 42 heavy (non-hydrogen) atoms. The second-order valence-electron chi connectivity index (χ2n) is 10.9. The molecule has 0 aliphatic rings. The number of aryl methyl sites for hydroxylation is 2. The molecule has 3 rings (SSSR count). The maximum atomic E-state index is 14.4. The van der Waals surface area contributed by atoms with E-state index in [1.807, 2.05) is 26.8 Å². The smallest absolute Gasteiger partial charge is 0.259 e. The number of nitrogens with zero attached hydrogens (tertiary/aromatic N) is 5. The van der Waals surface area contributed by atoms with Crippen LogP contribution in [0.3, 0.4) is 0 Å². The quantitative estimate of drug-likeness (QED) is 0.319. The van der Waals surface area contributed by atoms with Gasteiger partial charge in [0.1, 0.15) is 24.7 Å². The third-order valence-corrected chi connectivity index (χ3v) is 8.85. The molecule has 2 atom stereocenters. The first-order valence-electron chi connectivity index (χ1n) is 13.9. The van der Waals surface area contributed by atoms with E-state index < -0.39 is 45.7 Å². The molecule has 2 N–H and O–H groups in total. The van der Waals surface area contributed by atoms with Crippen molar-refractivity contribution in [2.45, 2.75) is 66.0 Å². The maximum Gasteiger partial charge on any atom is 0.259 e. The van der Waals surface area contributed by atoms with Gasteiger partial charge in [0, 0.05) is 19.0 Å². The monoisotopic (exact) mass is 596 g/mol. The van der Waals surface area contributed by atoms with Gasteiger partial charge in [-0.3, -0.25) is 14.4 Å². The minimum atomic E-state index is -4.26. The standard InChI is InChI=1S/C30H40N6O5S/c1-7-8-13-42(40,41)36(27(20(2)3)28(31)37)30(39)26(34(6)29(38)24-15-21(4)14-22(5)16-24)17-23-9-11-25(12-10-23)35-19-32-18-33-35/h9-12,14-16,18-20,26-27H,7-8,13,17H2,1-6H3,(H2,31,37)/t26-,27-/m0/s1. The number of benzene rings is 2. The predicted octanol–water partition coefficient (Wildman–Crippen LogP) is 3.04. The molecule has 3 amide bonds. The number of likely N-dealkylation sites (N-methyl/N-ethyl adjacent to an activating group) is 1. The van der Waals surface area contributed by atoms with Gasteiger partial charge in [0.25, 0.3) is 11.8 Å². The van der Waals surface area contributed by atoms with Crippen molar-refractivity contribution in [3.8, 4) is 5.69 Å². The van der Waals surface area contributed by atoms with Gasteiger partial charge in [-0.05, 0) is 56.0 Å². The molecule has 0 unspecified atom stereocenters. The van der Waals surface area contributed by atoms with Gasteiger partial charge in [0.2, 0.25) is 15.9 Å². The van der Waals surface area contributed by atoms with Crippen molar-refractivity contribution in [1.29, 1.82) is 0 Å². The summed E-state index contributed by atoms with van der Waals surface area (Å²) in [6, 6.07) is 9.81. The lowest BCUT2D eigenvalue weighted by Gasteiger charge is -2.36. The Bertz CT molecular complexity index is 1480. The van der Waals surface area contributed by atoms with Crippen LogP contribution in [0.25, 0.3) is 5.69 Å². The van der Waals surface area contributed by atoms with Gasteiger partial charge in [-0.1, -0.05) is 56.5 Å². The summed E-state index contributed by atoms with van der Waals surface area (Å²) in [5, 5.41) is 4.11. The first kappa shape index (κ1) is 32.5. The molecule has 226 valence electrons. The van der Waals surface area contributed by atoms with Crippen LogP contribution in [0.1, 0.15) is 60.7 Å². The molecule has 0 saturated heterocycles. The van der Waals surface area contributed by atoms with E-state index in [4.69, 9.17) is 5.73 Å². The highest BCUT2D eigenvalue weighted by Crippen LogP contribution is 2.23. The Morgan fingerprint density at radius 3 is 2.14 bits per heavy atom. The second-order valence-corrected chi connectivity index (χ2v) is 12.9. The Hall–Kier alpha value is -4.06. The summed E-state index contributed by atoms with van der Waals surface area (Å²) in [5.41, 5.74) is 9.20. The third kappa shape index (κ3) is 7.61. The van der Waals surface area contributed by atoms with E-state index >= 15 is 0 Å². The van der Waals surface area contributed by atoms with Gasteiger partial charge in [-0.25, -0.2) is 22.4 Å². The highest BCUT2D eigenvalue weighted by Gasteiger charge is 2.43. The number of carbonyl (C=O) groups is 3. The molecule has 0 fully saturated rings. The van der Waals surface area contributed by atoms with E-state index in [-0.39, 0.29) is 12.2 Å². The number of carbonyl (C=O) groups excluding carboxylic acids is 3. The van der Waals surface area contributed by atoms with E-state index in [9.17, 15) is 22.8 Å². The number of nitrogens with two attached hydrogens (primary N) is 1. The normalized spacial score (nSPS) is 13.0. The van der Waals surface area contributed by atoms with Gasteiger partial charge in [-0.2, -0.15) is 5.10 Å². The summed E-state index contributed by atoms with van der Waals surface area (Å²) in [7, 11) is -2.79. The minimum absolute atomic E-state index is 0.00706. The first-order valence-corrected chi connectivity index (χ1v) is 15.5. The molecule has 0 bridgehead atoms. The van der Waals surface area contributed by atoms with Crippen LogP contribution in [-0.4, -0.2) is 75.0 Å². The zero-order valence-electron chi connectivity index (χ0n) is 25.0. The number of sulfonamides is 1. The molecular weight excluding hydrogens is 556 g/mol. The largest absolute Gasteiger partial charge is 0.368 e. The number of rotatable bonds is 13. The van der Waals surface area contributed by atoms with Crippen molar-refractivity contribution >= 4 is 27.7 Å². The fourth-order valence-electron chi connectivity index (χ4n) is 4.92. The van der Waals surface area contributed by atoms with Crippen LogP contribution >= 0.6 is 0 Å². The summed E-state index contributed by atoms with van der Waals surface area (Å²) >= 11 is 0. The van der Waals surface area contributed by atoms with Gasteiger partial charge in [0.05, 0.1) is 11.4 Å². The average molecular weight is 597 g/mol. The summed E-state index contributed by atoms with van der Waals surface area (Å²) in [5.74, 6) is -3.20. The van der Waals surface area contributed by atoms with Crippen LogP contribution in [0.2, 0.25) is 0 Å². The molecular formula is C30H40N6O5S. The van der Waals surface area contributed by atoms with Crippen LogP contribution in [-0.2, 0) is 26.0 Å². The van der Waals surface area contributed by atoms with Crippen LogP contribution in [0, 0.1) is 19.8 Å². The number of hydrogen-bond acceptors (Lipinski definition) is 7. The first-order chi connectivity index (χ1) is 19.8. The van der Waals surface area contributed by atoms with Crippen molar-refractivity contribution in [2.75, 3.05) is 12.8 Å². The summed E-state index contributed by atoms with van der Waals surface area (Å²) < 4.78 is 29.5. The highest BCUT2D eigenvalue weighted by molar-refractivity contribution is 7.89. The molecule has 0 aliphatic carbocycles. The van der Waals surface area contributed by atoms with Gasteiger partial charge >= 0.3 is 0 Å². The maximum absolute atomic E-state index is 14.4. The van der Waals surface area contributed by atoms with Gasteiger partial charge < -0.3 is 10.6 Å². The number of primary amides is 1. The molecule has 0 radical (unpaired) electrons. The summed E-state index contributed by atoms with van der Waals surface area (Å²) in [4.78, 5) is 46.0. The Morgan fingerprint density at radius 2 is 1.64 bits per heavy atom. The van der Waals surface area contributed by atoms with Crippen LogP contribution in [0.5, 0.6) is 0 Å². The molecule has 1 heterocycles. The SMILES string of the molecule is CCCCS(=O)(=O)N(C(=O)[C@H](Cc1ccc(-n2cncn2)cc1)N(C)C(=O)c1cc(C)cc(C)c1)[C@H](C(N)=O)C(C)C. The Morgan fingerprint density at radius 1 is 1.02 bits per heavy atom. The fraction of sp³-hybridized carbons (Fsp3) is 0.433. The highest BCUT2D eigenvalue weighted by atomic mass is 32.2. The zero-order valence-corrected chi connectivity index (χ0v) is 25.8.